The summed E-state index contributed by atoms with van der Waals surface area (Å²) in [6.45, 7) is -0.0125. The van der Waals surface area contributed by atoms with Gasteiger partial charge in [0.1, 0.15) is 5.60 Å². The van der Waals surface area contributed by atoms with Crippen molar-refractivity contribution in [2.75, 3.05) is 6.54 Å². The van der Waals surface area contributed by atoms with Gasteiger partial charge >= 0.3 is 0 Å². The maximum Gasteiger partial charge on any atom is 0.227 e. The predicted molar refractivity (Wildman–Crippen MR) is 45.0 cm³/mol. The van der Waals surface area contributed by atoms with Crippen LogP contribution < -0.4 is 11.5 Å². The smallest absolute Gasteiger partial charge is 0.227 e. The first kappa shape index (κ1) is 8.96. The molecule has 1 amide bonds. The van der Waals surface area contributed by atoms with Crippen molar-refractivity contribution in [3.8, 4) is 0 Å². The maximum absolute atomic E-state index is 10.9. The van der Waals surface area contributed by atoms with Gasteiger partial charge in [-0.05, 0) is 0 Å². The predicted octanol–water partition coefficient (Wildman–Crippen LogP) is -1.10. The molecule has 1 aliphatic carbocycles. The van der Waals surface area contributed by atoms with Crippen LogP contribution in [0.2, 0.25) is 0 Å². The Balaban J connectivity index is 2.92. The van der Waals surface area contributed by atoms with Gasteiger partial charge in [-0.3, -0.25) is 4.79 Å². The van der Waals surface area contributed by atoms with E-state index in [0.717, 1.165) is 0 Å². The molecule has 12 heavy (non-hydrogen) atoms. The molecule has 0 spiro atoms. The second-order valence-corrected chi connectivity index (χ2v) is 2.82. The molecule has 0 bridgehead atoms. The summed E-state index contributed by atoms with van der Waals surface area (Å²) < 4.78 is 0. The van der Waals surface area contributed by atoms with E-state index in [0.29, 0.717) is 0 Å². The maximum atomic E-state index is 10.9. The van der Waals surface area contributed by atoms with E-state index in [4.69, 9.17) is 11.5 Å². The fourth-order valence-corrected chi connectivity index (χ4v) is 1.20. The summed E-state index contributed by atoms with van der Waals surface area (Å²) in [7, 11) is 0. The lowest BCUT2D eigenvalue weighted by atomic mass is 9.83. The van der Waals surface area contributed by atoms with Crippen LogP contribution in [0.5, 0.6) is 0 Å². The van der Waals surface area contributed by atoms with Gasteiger partial charge in [0.15, 0.2) is 0 Å². The molecule has 5 N–H and O–H groups in total. The van der Waals surface area contributed by atoms with Crippen LogP contribution in [-0.2, 0) is 4.79 Å². The highest BCUT2D eigenvalue weighted by Crippen LogP contribution is 2.22. The lowest BCUT2D eigenvalue weighted by Crippen LogP contribution is -2.48. The zero-order chi connectivity index (χ0) is 9.19. The molecule has 2 unspecified atom stereocenters. The van der Waals surface area contributed by atoms with E-state index in [9.17, 15) is 9.90 Å². The Kier molecular flexibility index (Phi) is 2.30. The molecule has 2 atom stereocenters. The van der Waals surface area contributed by atoms with Crippen LogP contribution in [0.4, 0.5) is 0 Å². The molecule has 1 aliphatic rings. The fraction of sp³-hybridized carbons (Fsp3) is 0.375. The van der Waals surface area contributed by atoms with Crippen molar-refractivity contribution in [2.24, 2.45) is 17.4 Å². The van der Waals surface area contributed by atoms with Crippen LogP contribution in [0.25, 0.3) is 0 Å². The quantitative estimate of drug-likeness (QED) is 0.489. The van der Waals surface area contributed by atoms with E-state index in [1.54, 1.807) is 18.2 Å². The summed E-state index contributed by atoms with van der Waals surface area (Å²) in [6.07, 6.45) is 6.35. The number of primary amides is 1. The number of aliphatic hydroxyl groups is 1. The highest BCUT2D eigenvalue weighted by molar-refractivity contribution is 5.80. The molecule has 0 aliphatic heterocycles. The molecule has 66 valence electrons. The van der Waals surface area contributed by atoms with Gasteiger partial charge in [-0.25, -0.2) is 0 Å². The van der Waals surface area contributed by atoms with Crippen LogP contribution in [-0.4, -0.2) is 23.2 Å². The third-order valence-corrected chi connectivity index (χ3v) is 1.97. The minimum atomic E-state index is -1.30. The van der Waals surface area contributed by atoms with Gasteiger partial charge in [0.25, 0.3) is 0 Å². The number of allylic oxidation sites excluding steroid dienone is 2. The largest absolute Gasteiger partial charge is 0.383 e. The lowest BCUT2D eigenvalue weighted by Gasteiger charge is -2.29. The Morgan fingerprint density at radius 2 is 2.25 bits per heavy atom. The summed E-state index contributed by atoms with van der Waals surface area (Å²) in [4.78, 5) is 10.9. The Labute approximate surface area is 70.5 Å². The van der Waals surface area contributed by atoms with Crippen molar-refractivity contribution in [1.82, 2.24) is 0 Å². The standard InChI is InChI=1S/C8H12N2O2/c9-5-8(12)4-2-1-3-6(8)7(10)11/h1-4,6,12H,5,9H2,(H2,10,11). The van der Waals surface area contributed by atoms with E-state index < -0.39 is 17.4 Å². The van der Waals surface area contributed by atoms with E-state index in [-0.39, 0.29) is 6.54 Å². The SMILES string of the molecule is NCC1(O)C=CC=CC1C(N)=O. The highest BCUT2D eigenvalue weighted by Gasteiger charge is 2.36. The number of hydrogen-bond donors (Lipinski definition) is 3. The van der Waals surface area contributed by atoms with Crippen molar-refractivity contribution in [3.63, 3.8) is 0 Å². The van der Waals surface area contributed by atoms with Crippen molar-refractivity contribution < 1.29 is 9.90 Å². The Hall–Kier alpha value is -1.13. The van der Waals surface area contributed by atoms with Gasteiger partial charge in [-0.1, -0.05) is 24.3 Å². The summed E-state index contributed by atoms with van der Waals surface area (Å²) in [5, 5.41) is 9.75. The minimum Gasteiger partial charge on any atom is -0.383 e. The van der Waals surface area contributed by atoms with Gasteiger partial charge < -0.3 is 16.6 Å². The van der Waals surface area contributed by atoms with Crippen LogP contribution in [0.15, 0.2) is 24.3 Å². The third kappa shape index (κ3) is 1.39. The summed E-state index contributed by atoms with van der Waals surface area (Å²) in [5.74, 6) is -1.28. The third-order valence-electron chi connectivity index (χ3n) is 1.97. The first-order valence-electron chi connectivity index (χ1n) is 3.68. The van der Waals surface area contributed by atoms with Crippen molar-refractivity contribution >= 4 is 5.91 Å². The van der Waals surface area contributed by atoms with Gasteiger partial charge in [-0.2, -0.15) is 0 Å². The molecule has 4 heteroatoms. The Bertz CT molecular complexity index is 247. The first-order valence-corrected chi connectivity index (χ1v) is 3.68. The number of rotatable bonds is 2. The molecule has 0 radical (unpaired) electrons. The summed E-state index contributed by atoms with van der Waals surface area (Å²) >= 11 is 0. The summed E-state index contributed by atoms with van der Waals surface area (Å²) in [5.41, 5.74) is 9.10. The van der Waals surface area contributed by atoms with Gasteiger partial charge in [-0.15, -0.1) is 0 Å². The normalized spacial score (nSPS) is 33.7. The average molecular weight is 168 g/mol. The molecule has 0 aromatic carbocycles. The molecule has 0 saturated heterocycles. The Morgan fingerprint density at radius 3 is 2.67 bits per heavy atom. The monoisotopic (exact) mass is 168 g/mol. The molecule has 4 nitrogen and oxygen atoms in total. The topological polar surface area (TPSA) is 89.3 Å². The highest BCUT2D eigenvalue weighted by atomic mass is 16.3. The number of carbonyl (C=O) groups is 1. The molecule has 1 rings (SSSR count). The van der Waals surface area contributed by atoms with E-state index in [1.165, 1.54) is 6.08 Å². The molecular weight excluding hydrogens is 156 g/mol. The van der Waals surface area contributed by atoms with E-state index in [1.807, 2.05) is 0 Å². The number of hydrogen-bond acceptors (Lipinski definition) is 3. The van der Waals surface area contributed by atoms with Crippen LogP contribution in [0.3, 0.4) is 0 Å². The van der Waals surface area contributed by atoms with E-state index in [2.05, 4.69) is 0 Å². The van der Waals surface area contributed by atoms with Crippen molar-refractivity contribution in [2.45, 2.75) is 5.60 Å². The fourth-order valence-electron chi connectivity index (χ4n) is 1.20. The molecule has 0 aromatic rings. The molecule has 0 aromatic heterocycles. The van der Waals surface area contributed by atoms with Crippen molar-refractivity contribution in [3.05, 3.63) is 24.3 Å². The van der Waals surface area contributed by atoms with E-state index >= 15 is 0 Å². The number of carbonyl (C=O) groups excluding carboxylic acids is 1. The number of amides is 1. The molecular formula is C8H12N2O2. The Morgan fingerprint density at radius 1 is 1.58 bits per heavy atom. The van der Waals surface area contributed by atoms with Crippen molar-refractivity contribution in [1.29, 1.82) is 0 Å². The van der Waals surface area contributed by atoms with Crippen LogP contribution >= 0.6 is 0 Å². The van der Waals surface area contributed by atoms with Gasteiger partial charge in [0.2, 0.25) is 5.91 Å². The first-order chi connectivity index (χ1) is 5.60. The van der Waals surface area contributed by atoms with Gasteiger partial charge in [0, 0.05) is 6.54 Å². The molecule has 0 heterocycles. The molecule has 0 saturated carbocycles. The second-order valence-electron chi connectivity index (χ2n) is 2.82. The lowest BCUT2D eigenvalue weighted by molar-refractivity contribution is -0.125. The summed E-state index contributed by atoms with van der Waals surface area (Å²) in [6, 6.07) is 0. The zero-order valence-electron chi connectivity index (χ0n) is 6.60. The zero-order valence-corrected chi connectivity index (χ0v) is 6.60. The molecule has 0 fully saturated rings. The second kappa shape index (κ2) is 3.08. The van der Waals surface area contributed by atoms with Crippen LogP contribution in [0.1, 0.15) is 0 Å². The number of nitrogens with two attached hydrogens (primary N) is 2. The van der Waals surface area contributed by atoms with Crippen LogP contribution in [0, 0.1) is 5.92 Å². The van der Waals surface area contributed by atoms with Gasteiger partial charge in [0.05, 0.1) is 5.92 Å². The minimum absolute atomic E-state index is 0.0125. The average Bonchev–Trinajstić information content (AvgIpc) is 2.05.